The van der Waals surface area contributed by atoms with Crippen molar-refractivity contribution in [1.82, 2.24) is 0 Å². The van der Waals surface area contributed by atoms with E-state index >= 15 is 0 Å². The molecule has 1 unspecified atom stereocenters. The molecule has 108 valence electrons. The Morgan fingerprint density at radius 2 is 1.95 bits per heavy atom. The Morgan fingerprint density at radius 1 is 1.19 bits per heavy atom. The minimum absolute atomic E-state index is 0.0512. The molecular weight excluding hydrogens is 268 g/mol. The van der Waals surface area contributed by atoms with E-state index in [0.29, 0.717) is 6.61 Å². The minimum atomic E-state index is -1.46. The van der Waals surface area contributed by atoms with E-state index in [1.807, 2.05) is 42.5 Å². The van der Waals surface area contributed by atoms with E-state index in [0.717, 1.165) is 16.3 Å². The number of carboxylic acid groups (broad SMARTS) is 1. The summed E-state index contributed by atoms with van der Waals surface area (Å²) >= 11 is 0. The minimum Gasteiger partial charge on any atom is -0.480 e. The van der Waals surface area contributed by atoms with Crippen LogP contribution in [-0.4, -0.2) is 30.1 Å². The van der Waals surface area contributed by atoms with E-state index in [1.165, 1.54) is 0 Å². The number of hydrogen-bond acceptors (Lipinski definition) is 3. The van der Waals surface area contributed by atoms with E-state index in [1.54, 1.807) is 0 Å². The van der Waals surface area contributed by atoms with Crippen LogP contribution in [0, 0.1) is 5.41 Å². The number of carboxylic acids is 1. The van der Waals surface area contributed by atoms with Crippen molar-refractivity contribution in [2.24, 2.45) is 5.41 Å². The monoisotopic (exact) mass is 284 g/mol. The smallest absolute Gasteiger partial charge is 0.319 e. The Labute approximate surface area is 122 Å². The van der Waals surface area contributed by atoms with E-state index in [4.69, 9.17) is 4.74 Å². The van der Waals surface area contributed by atoms with Gasteiger partial charge in [0.15, 0.2) is 11.2 Å². The molecule has 1 heterocycles. The van der Waals surface area contributed by atoms with Crippen molar-refractivity contribution in [3.8, 4) is 0 Å². The van der Waals surface area contributed by atoms with Crippen LogP contribution in [0.1, 0.15) is 12.0 Å². The standard InChI is InChI=1S/C17H16O4/c18-15-8-9-21-11-17(15,16(19)20)10-13-6-3-5-12-4-1-2-7-14(12)13/h1-7H,8-11H2,(H,19,20). The number of ketones is 1. The Kier molecular flexibility index (Phi) is 3.47. The summed E-state index contributed by atoms with van der Waals surface area (Å²) in [5.41, 5.74) is -0.586. The van der Waals surface area contributed by atoms with Crippen molar-refractivity contribution in [2.45, 2.75) is 12.8 Å². The molecule has 1 atom stereocenters. The second-order valence-electron chi connectivity index (χ2n) is 5.43. The molecule has 0 bridgehead atoms. The molecular formula is C17H16O4. The SMILES string of the molecule is O=C(O)C1(Cc2cccc3ccccc23)COCCC1=O. The lowest BCUT2D eigenvalue weighted by molar-refractivity contribution is -0.164. The highest BCUT2D eigenvalue weighted by Gasteiger charge is 2.48. The third kappa shape index (κ3) is 2.32. The third-order valence-corrected chi connectivity index (χ3v) is 4.14. The van der Waals surface area contributed by atoms with Gasteiger partial charge < -0.3 is 9.84 Å². The lowest BCUT2D eigenvalue weighted by Crippen LogP contribution is -2.48. The molecule has 0 aliphatic carbocycles. The summed E-state index contributed by atoms with van der Waals surface area (Å²) in [6.45, 7) is 0.258. The van der Waals surface area contributed by atoms with Gasteiger partial charge in [0.2, 0.25) is 0 Å². The van der Waals surface area contributed by atoms with Crippen LogP contribution < -0.4 is 0 Å². The van der Waals surface area contributed by atoms with E-state index in [-0.39, 0.29) is 25.2 Å². The molecule has 0 aromatic heterocycles. The Hall–Kier alpha value is -2.20. The zero-order valence-electron chi connectivity index (χ0n) is 11.5. The second kappa shape index (κ2) is 5.30. The fourth-order valence-corrected chi connectivity index (χ4v) is 2.91. The van der Waals surface area contributed by atoms with Gasteiger partial charge in [0.25, 0.3) is 0 Å². The fraction of sp³-hybridized carbons (Fsp3) is 0.294. The van der Waals surface area contributed by atoms with Gasteiger partial charge in [0.05, 0.1) is 13.2 Å². The predicted octanol–water partition coefficient (Wildman–Crippen LogP) is 2.44. The summed E-state index contributed by atoms with van der Waals surface area (Å²) < 4.78 is 5.30. The van der Waals surface area contributed by atoms with Gasteiger partial charge in [-0.3, -0.25) is 9.59 Å². The van der Waals surface area contributed by atoms with Crippen molar-refractivity contribution >= 4 is 22.5 Å². The molecule has 1 N–H and O–H groups in total. The zero-order valence-corrected chi connectivity index (χ0v) is 11.5. The lowest BCUT2D eigenvalue weighted by atomic mass is 9.75. The molecule has 1 fully saturated rings. The maximum atomic E-state index is 12.2. The van der Waals surface area contributed by atoms with Gasteiger partial charge in [-0.05, 0) is 22.8 Å². The van der Waals surface area contributed by atoms with Crippen molar-refractivity contribution in [3.05, 3.63) is 48.0 Å². The zero-order chi connectivity index (χ0) is 14.9. The van der Waals surface area contributed by atoms with Gasteiger partial charge in [-0.1, -0.05) is 42.5 Å². The van der Waals surface area contributed by atoms with Crippen LogP contribution in [0.15, 0.2) is 42.5 Å². The van der Waals surface area contributed by atoms with Crippen LogP contribution in [-0.2, 0) is 20.7 Å². The first-order valence-electron chi connectivity index (χ1n) is 6.94. The van der Waals surface area contributed by atoms with Gasteiger partial charge in [0.1, 0.15) is 0 Å². The van der Waals surface area contributed by atoms with Crippen molar-refractivity contribution < 1.29 is 19.4 Å². The van der Waals surface area contributed by atoms with Crippen LogP contribution in [0.25, 0.3) is 10.8 Å². The second-order valence-corrected chi connectivity index (χ2v) is 5.43. The first kappa shape index (κ1) is 13.8. The predicted molar refractivity (Wildman–Crippen MR) is 78.2 cm³/mol. The Balaban J connectivity index is 2.06. The van der Waals surface area contributed by atoms with Crippen LogP contribution in [0.3, 0.4) is 0 Å². The summed E-state index contributed by atoms with van der Waals surface area (Å²) in [7, 11) is 0. The number of carbonyl (C=O) groups is 2. The highest BCUT2D eigenvalue weighted by atomic mass is 16.5. The average molecular weight is 284 g/mol. The number of rotatable bonds is 3. The summed E-state index contributed by atoms with van der Waals surface area (Å²) in [4.78, 5) is 24.0. The van der Waals surface area contributed by atoms with Gasteiger partial charge in [-0.25, -0.2) is 0 Å². The van der Waals surface area contributed by atoms with Crippen LogP contribution in [0.5, 0.6) is 0 Å². The largest absolute Gasteiger partial charge is 0.480 e. The molecule has 3 rings (SSSR count). The number of fused-ring (bicyclic) bond motifs is 1. The molecule has 0 radical (unpaired) electrons. The van der Waals surface area contributed by atoms with Crippen molar-refractivity contribution in [3.63, 3.8) is 0 Å². The van der Waals surface area contributed by atoms with E-state index < -0.39 is 11.4 Å². The molecule has 21 heavy (non-hydrogen) atoms. The highest BCUT2D eigenvalue weighted by Crippen LogP contribution is 2.32. The number of Topliss-reactive ketones (excluding diaryl/α,β-unsaturated/α-hetero) is 1. The molecule has 1 aliphatic heterocycles. The summed E-state index contributed by atoms with van der Waals surface area (Å²) in [5, 5.41) is 11.6. The normalized spacial score (nSPS) is 22.4. The quantitative estimate of drug-likeness (QED) is 0.879. The highest BCUT2D eigenvalue weighted by molar-refractivity contribution is 6.04. The topological polar surface area (TPSA) is 63.6 Å². The summed E-state index contributed by atoms with van der Waals surface area (Å²) in [6.07, 6.45) is 0.333. The first-order valence-corrected chi connectivity index (χ1v) is 6.94. The molecule has 0 spiro atoms. The maximum absolute atomic E-state index is 12.2. The van der Waals surface area contributed by atoms with Crippen LogP contribution in [0.2, 0.25) is 0 Å². The fourth-order valence-electron chi connectivity index (χ4n) is 2.91. The Bertz CT molecular complexity index is 702. The molecule has 2 aromatic rings. The average Bonchev–Trinajstić information content (AvgIpc) is 2.50. The van der Waals surface area contributed by atoms with E-state index in [9.17, 15) is 14.7 Å². The summed E-state index contributed by atoms with van der Waals surface area (Å²) in [5.74, 6) is -1.34. The van der Waals surface area contributed by atoms with Gasteiger partial charge in [-0.15, -0.1) is 0 Å². The number of benzene rings is 2. The van der Waals surface area contributed by atoms with Crippen LogP contribution in [0.4, 0.5) is 0 Å². The lowest BCUT2D eigenvalue weighted by Gasteiger charge is -2.31. The Morgan fingerprint density at radius 3 is 2.71 bits per heavy atom. The number of hydrogen-bond donors (Lipinski definition) is 1. The third-order valence-electron chi connectivity index (χ3n) is 4.14. The van der Waals surface area contributed by atoms with Gasteiger partial charge in [0, 0.05) is 6.42 Å². The molecule has 0 amide bonds. The van der Waals surface area contributed by atoms with Gasteiger partial charge >= 0.3 is 5.97 Å². The summed E-state index contributed by atoms with van der Waals surface area (Å²) in [6, 6.07) is 13.5. The molecule has 4 heteroatoms. The van der Waals surface area contributed by atoms with Crippen molar-refractivity contribution in [2.75, 3.05) is 13.2 Å². The first-order chi connectivity index (χ1) is 10.1. The van der Waals surface area contributed by atoms with Crippen molar-refractivity contribution in [1.29, 1.82) is 0 Å². The molecule has 4 nitrogen and oxygen atoms in total. The maximum Gasteiger partial charge on any atom is 0.319 e. The number of aliphatic carboxylic acids is 1. The van der Waals surface area contributed by atoms with E-state index in [2.05, 4.69) is 0 Å². The number of ether oxygens (including phenoxy) is 1. The van der Waals surface area contributed by atoms with Crippen LogP contribution >= 0.6 is 0 Å². The molecule has 1 aliphatic rings. The molecule has 1 saturated heterocycles. The van der Waals surface area contributed by atoms with Gasteiger partial charge in [-0.2, -0.15) is 0 Å². The molecule has 0 saturated carbocycles. The number of carbonyl (C=O) groups excluding carboxylic acids is 1. The molecule has 2 aromatic carbocycles.